The Morgan fingerprint density at radius 1 is 1.31 bits per heavy atom. The maximum atomic E-state index is 11.9. The van der Waals surface area contributed by atoms with E-state index in [1.165, 1.54) is 0 Å². The molecule has 0 spiro atoms. The van der Waals surface area contributed by atoms with Gasteiger partial charge in [-0.1, -0.05) is 18.2 Å². The zero-order valence-electron chi connectivity index (χ0n) is 8.27. The van der Waals surface area contributed by atoms with Crippen molar-refractivity contribution in [2.75, 3.05) is 11.1 Å². The van der Waals surface area contributed by atoms with Crippen molar-refractivity contribution in [1.29, 1.82) is 0 Å². The van der Waals surface area contributed by atoms with Crippen molar-refractivity contribution in [2.24, 2.45) is 0 Å². The molecule has 5 heteroatoms. The first-order valence-corrected chi connectivity index (χ1v) is 6.13. The number of aromatic nitrogens is 1. The van der Waals surface area contributed by atoms with Crippen LogP contribution in [0.25, 0.3) is 10.9 Å². The average molecular weight is 232 g/mol. The molecule has 0 saturated heterocycles. The second-order valence-electron chi connectivity index (χ2n) is 3.56. The average Bonchev–Trinajstić information content (AvgIpc) is 2.28. The predicted molar refractivity (Wildman–Crippen MR) is 61.6 cm³/mol. The van der Waals surface area contributed by atoms with Gasteiger partial charge in [0.2, 0.25) is 5.91 Å². The van der Waals surface area contributed by atoms with Gasteiger partial charge < -0.3 is 5.32 Å². The lowest BCUT2D eigenvalue weighted by molar-refractivity contribution is -0.113. The zero-order chi connectivity index (χ0) is 11.1. The number of hydrogen-bond donors (Lipinski definition) is 1. The number of pyridine rings is 1. The minimum Gasteiger partial charge on any atom is -0.323 e. The van der Waals surface area contributed by atoms with Crippen LogP contribution in [0.3, 0.4) is 0 Å². The molecule has 1 aromatic heterocycles. The minimum absolute atomic E-state index is 0.0288. The summed E-state index contributed by atoms with van der Waals surface area (Å²) in [5, 5.41) is 3.53. The minimum atomic E-state index is -1.27. The first-order chi connectivity index (χ1) is 7.75. The number of nitrogens with zero attached hydrogens (tertiary/aromatic N) is 1. The van der Waals surface area contributed by atoms with Crippen LogP contribution in [0.15, 0.2) is 35.4 Å². The van der Waals surface area contributed by atoms with Gasteiger partial charge in [-0.2, -0.15) is 0 Å². The van der Waals surface area contributed by atoms with Gasteiger partial charge in [0.25, 0.3) is 0 Å². The summed E-state index contributed by atoms with van der Waals surface area (Å²) in [5.41, 5.74) is 1.36. The van der Waals surface area contributed by atoms with E-state index in [4.69, 9.17) is 0 Å². The van der Waals surface area contributed by atoms with Crippen LogP contribution >= 0.6 is 0 Å². The molecule has 1 aliphatic rings. The maximum Gasteiger partial charge on any atom is 0.237 e. The van der Waals surface area contributed by atoms with Gasteiger partial charge in [-0.3, -0.25) is 14.0 Å². The molecule has 80 valence electrons. The summed E-state index contributed by atoms with van der Waals surface area (Å²) in [7, 11) is -1.27. The number of benzene rings is 1. The molecule has 16 heavy (non-hydrogen) atoms. The molecule has 1 unspecified atom stereocenters. The van der Waals surface area contributed by atoms with Gasteiger partial charge in [-0.15, -0.1) is 0 Å². The van der Waals surface area contributed by atoms with Gasteiger partial charge in [0.1, 0.15) is 5.75 Å². The molecule has 0 bridgehead atoms. The molecular weight excluding hydrogens is 224 g/mol. The van der Waals surface area contributed by atoms with E-state index in [-0.39, 0.29) is 11.7 Å². The summed E-state index contributed by atoms with van der Waals surface area (Å²) >= 11 is 0. The second kappa shape index (κ2) is 3.38. The fourth-order valence-electron chi connectivity index (χ4n) is 1.83. The summed E-state index contributed by atoms with van der Waals surface area (Å²) in [6.07, 6.45) is 1.56. The smallest absolute Gasteiger partial charge is 0.237 e. The Kier molecular flexibility index (Phi) is 2.00. The maximum absolute atomic E-state index is 11.9. The van der Waals surface area contributed by atoms with E-state index >= 15 is 0 Å². The molecule has 3 rings (SSSR count). The summed E-state index contributed by atoms with van der Waals surface area (Å²) in [6.45, 7) is 0. The van der Waals surface area contributed by atoms with Crippen molar-refractivity contribution < 1.29 is 9.00 Å². The molecule has 1 N–H and O–H groups in total. The fourth-order valence-corrected chi connectivity index (χ4v) is 3.05. The summed E-state index contributed by atoms with van der Waals surface area (Å²) in [6, 6.07) is 7.49. The van der Waals surface area contributed by atoms with Gasteiger partial charge >= 0.3 is 0 Å². The Morgan fingerprint density at radius 2 is 2.12 bits per heavy atom. The van der Waals surface area contributed by atoms with Gasteiger partial charge in [-0.25, -0.2) is 0 Å². The Labute approximate surface area is 94.1 Å². The van der Waals surface area contributed by atoms with Crippen molar-refractivity contribution >= 4 is 33.3 Å². The molecular formula is C11H8N2O2S. The normalized spacial score (nSPS) is 19.2. The van der Waals surface area contributed by atoms with Crippen LogP contribution in [0.1, 0.15) is 0 Å². The van der Waals surface area contributed by atoms with Crippen LogP contribution in [0.5, 0.6) is 0 Å². The quantitative estimate of drug-likeness (QED) is 0.744. The molecule has 2 heterocycles. The monoisotopic (exact) mass is 232 g/mol. The van der Waals surface area contributed by atoms with E-state index in [1.807, 2.05) is 24.3 Å². The molecule has 1 amide bonds. The van der Waals surface area contributed by atoms with Crippen LogP contribution in [0, 0.1) is 0 Å². The molecule has 0 aliphatic carbocycles. The van der Waals surface area contributed by atoms with Gasteiger partial charge in [-0.05, 0) is 6.07 Å². The highest BCUT2D eigenvalue weighted by molar-refractivity contribution is 7.86. The van der Waals surface area contributed by atoms with E-state index in [0.717, 1.165) is 10.9 Å². The lowest BCUT2D eigenvalue weighted by atomic mass is 10.2. The number of carbonyl (C=O) groups is 1. The van der Waals surface area contributed by atoms with Crippen molar-refractivity contribution in [3.05, 3.63) is 30.5 Å². The van der Waals surface area contributed by atoms with E-state index in [1.54, 1.807) is 6.20 Å². The highest BCUT2D eigenvalue weighted by atomic mass is 32.2. The molecule has 0 saturated carbocycles. The van der Waals surface area contributed by atoms with Crippen molar-refractivity contribution in [1.82, 2.24) is 4.98 Å². The van der Waals surface area contributed by atoms with E-state index in [2.05, 4.69) is 10.3 Å². The Bertz CT molecular complexity index is 624. The summed E-state index contributed by atoms with van der Waals surface area (Å²) in [4.78, 5) is 16.1. The first-order valence-electron chi connectivity index (χ1n) is 4.81. The van der Waals surface area contributed by atoms with Gasteiger partial charge in [0.15, 0.2) is 0 Å². The van der Waals surface area contributed by atoms with E-state index in [0.29, 0.717) is 10.6 Å². The highest BCUT2D eigenvalue weighted by Gasteiger charge is 2.23. The van der Waals surface area contributed by atoms with E-state index in [9.17, 15) is 9.00 Å². The van der Waals surface area contributed by atoms with Crippen LogP contribution < -0.4 is 5.32 Å². The fraction of sp³-hybridized carbons (Fsp3) is 0.0909. The molecule has 1 atom stereocenters. The third kappa shape index (κ3) is 1.32. The number of rotatable bonds is 0. The first kappa shape index (κ1) is 9.47. The third-order valence-corrected chi connectivity index (χ3v) is 3.91. The van der Waals surface area contributed by atoms with Crippen LogP contribution in [0.4, 0.5) is 5.69 Å². The number of anilines is 1. The number of carbonyl (C=O) groups excluding carboxylic acids is 1. The zero-order valence-corrected chi connectivity index (χ0v) is 9.08. The number of nitrogens with one attached hydrogen (secondary N) is 1. The molecule has 0 fully saturated rings. The summed E-state index contributed by atoms with van der Waals surface area (Å²) < 4.78 is 11.9. The molecule has 1 aromatic carbocycles. The van der Waals surface area contributed by atoms with Gasteiger partial charge in [0.05, 0.1) is 33.1 Å². The standard InChI is InChI=1S/C11H8N2O2S/c14-10-6-16(15)11-7-3-1-2-4-8(7)12-5-9(11)13-10/h1-5H,6H2,(H,13,14). The lowest BCUT2D eigenvalue weighted by Gasteiger charge is -2.17. The van der Waals surface area contributed by atoms with Gasteiger partial charge in [0, 0.05) is 5.39 Å². The lowest BCUT2D eigenvalue weighted by Crippen LogP contribution is -2.26. The molecule has 4 nitrogen and oxygen atoms in total. The molecule has 2 aromatic rings. The SMILES string of the molecule is O=C1CS(=O)c2c(cnc3ccccc23)N1. The second-order valence-corrected chi connectivity index (χ2v) is 4.94. The molecule has 1 aliphatic heterocycles. The van der Waals surface area contributed by atoms with Crippen molar-refractivity contribution in [3.8, 4) is 0 Å². The number of para-hydroxylation sites is 1. The highest BCUT2D eigenvalue weighted by Crippen LogP contribution is 2.30. The van der Waals surface area contributed by atoms with Crippen molar-refractivity contribution in [2.45, 2.75) is 4.90 Å². The topological polar surface area (TPSA) is 59.1 Å². The van der Waals surface area contributed by atoms with E-state index < -0.39 is 10.8 Å². The van der Waals surface area contributed by atoms with Crippen LogP contribution in [-0.4, -0.2) is 20.9 Å². The Morgan fingerprint density at radius 3 is 3.00 bits per heavy atom. The largest absolute Gasteiger partial charge is 0.323 e. The Balaban J connectivity index is 2.38. The third-order valence-electron chi connectivity index (χ3n) is 2.49. The van der Waals surface area contributed by atoms with Crippen molar-refractivity contribution in [3.63, 3.8) is 0 Å². The Hall–Kier alpha value is -1.75. The number of hydrogen-bond acceptors (Lipinski definition) is 3. The molecule has 0 radical (unpaired) electrons. The number of fused-ring (bicyclic) bond motifs is 3. The van der Waals surface area contributed by atoms with Crippen LogP contribution in [-0.2, 0) is 15.6 Å². The van der Waals surface area contributed by atoms with Crippen LogP contribution in [0.2, 0.25) is 0 Å². The number of amides is 1. The predicted octanol–water partition coefficient (Wildman–Crippen LogP) is 1.29. The summed E-state index contributed by atoms with van der Waals surface area (Å²) in [5.74, 6) is -0.191.